The van der Waals surface area contributed by atoms with Gasteiger partial charge in [0.1, 0.15) is 30.3 Å². The number of phenolic OH excluding ortho intramolecular Hbond substituents is 1. The number of rotatable bonds is 12. The summed E-state index contributed by atoms with van der Waals surface area (Å²) in [5, 5.41) is 20.0. The summed E-state index contributed by atoms with van der Waals surface area (Å²) in [5.41, 5.74) is 3.59. The molecule has 44 heavy (non-hydrogen) atoms. The highest BCUT2D eigenvalue weighted by Gasteiger charge is 2.34. The van der Waals surface area contributed by atoms with Crippen LogP contribution in [0, 0.1) is 5.92 Å². The van der Waals surface area contributed by atoms with Gasteiger partial charge in [-0.25, -0.2) is 0 Å². The number of nitrogens with zero attached hydrogens (tertiary/aromatic N) is 1. The number of methoxy groups -OCH3 is 1. The molecule has 2 N–H and O–H groups in total. The molecule has 0 aliphatic heterocycles. The highest BCUT2D eigenvalue weighted by atomic mass is 16.6. The smallest absolute Gasteiger partial charge is 0.323 e. The van der Waals surface area contributed by atoms with Gasteiger partial charge in [0.05, 0.1) is 25.9 Å². The van der Waals surface area contributed by atoms with Crippen LogP contribution in [0.1, 0.15) is 56.2 Å². The van der Waals surface area contributed by atoms with Gasteiger partial charge in [0, 0.05) is 24.1 Å². The molecule has 4 rings (SSSR count). The number of aliphatic carboxylic acids is 1. The predicted octanol–water partition coefficient (Wildman–Crippen LogP) is 4.91. The molecular weight excluding hydrogens is 566 g/mol. The molecule has 0 saturated heterocycles. The fourth-order valence-corrected chi connectivity index (χ4v) is 5.35. The third-order valence-corrected chi connectivity index (χ3v) is 7.26. The number of hydrogen-bond acceptors (Lipinski definition) is 8. The van der Waals surface area contributed by atoms with Crippen molar-refractivity contribution in [2.75, 3.05) is 20.3 Å². The van der Waals surface area contributed by atoms with Gasteiger partial charge in [-0.2, -0.15) is 0 Å². The Kier molecular flexibility index (Phi) is 9.93. The Morgan fingerprint density at radius 2 is 1.48 bits per heavy atom. The fourth-order valence-electron chi connectivity index (χ4n) is 5.35. The van der Waals surface area contributed by atoms with Crippen LogP contribution in [-0.4, -0.2) is 64.8 Å². The molecule has 1 aliphatic rings. The summed E-state index contributed by atoms with van der Waals surface area (Å²) < 4.78 is 16.2. The summed E-state index contributed by atoms with van der Waals surface area (Å²) in [6.45, 7) is 4.05. The maximum atomic E-state index is 13.8. The first-order valence-electron chi connectivity index (χ1n) is 14.3. The second kappa shape index (κ2) is 13.6. The number of hydrogen-bond donors (Lipinski definition) is 2. The topological polar surface area (TPSA) is 140 Å². The van der Waals surface area contributed by atoms with Gasteiger partial charge in [0.15, 0.2) is 0 Å². The minimum Gasteiger partial charge on any atom is -0.507 e. The zero-order chi connectivity index (χ0) is 32.0. The van der Waals surface area contributed by atoms with Gasteiger partial charge in [0.2, 0.25) is 5.91 Å². The van der Waals surface area contributed by atoms with E-state index in [1.807, 2.05) is 48.5 Å². The normalized spacial score (nSPS) is 12.9. The Labute approximate surface area is 256 Å². The van der Waals surface area contributed by atoms with Gasteiger partial charge in [-0.15, -0.1) is 0 Å². The van der Waals surface area contributed by atoms with E-state index >= 15 is 0 Å². The molecule has 0 spiro atoms. The molecule has 3 aromatic carbocycles. The van der Waals surface area contributed by atoms with Gasteiger partial charge < -0.3 is 29.3 Å². The van der Waals surface area contributed by atoms with Gasteiger partial charge in [-0.05, 0) is 55.2 Å². The molecule has 0 bridgehead atoms. The van der Waals surface area contributed by atoms with E-state index in [-0.39, 0.29) is 30.4 Å². The predicted molar refractivity (Wildman–Crippen MR) is 161 cm³/mol. The van der Waals surface area contributed by atoms with E-state index in [1.54, 1.807) is 26.8 Å². The lowest BCUT2D eigenvalue weighted by Gasteiger charge is -2.27. The minimum absolute atomic E-state index is 0.0266. The van der Waals surface area contributed by atoms with Crippen LogP contribution in [0.25, 0.3) is 11.1 Å². The van der Waals surface area contributed by atoms with E-state index in [2.05, 4.69) is 0 Å². The lowest BCUT2D eigenvalue weighted by Crippen LogP contribution is -2.41. The first-order chi connectivity index (χ1) is 20.9. The first kappa shape index (κ1) is 32.1. The van der Waals surface area contributed by atoms with Gasteiger partial charge in [0.25, 0.3) is 0 Å². The van der Waals surface area contributed by atoms with Crippen molar-refractivity contribution in [3.05, 3.63) is 83.4 Å². The van der Waals surface area contributed by atoms with Crippen molar-refractivity contribution in [2.45, 2.75) is 51.7 Å². The second-order valence-corrected chi connectivity index (χ2v) is 11.7. The molecule has 0 fully saturated rings. The maximum Gasteiger partial charge on any atom is 0.323 e. The zero-order valence-electron chi connectivity index (χ0n) is 25.2. The van der Waals surface area contributed by atoms with Crippen molar-refractivity contribution in [2.24, 2.45) is 5.92 Å². The van der Waals surface area contributed by atoms with E-state index in [1.165, 1.54) is 19.2 Å². The molecule has 0 unspecified atom stereocenters. The van der Waals surface area contributed by atoms with Gasteiger partial charge in [-0.3, -0.25) is 19.2 Å². The molecule has 3 aromatic rings. The fraction of sp³-hybridized carbons (Fsp3) is 0.353. The summed E-state index contributed by atoms with van der Waals surface area (Å²) in [7, 11) is 1.43. The van der Waals surface area contributed by atoms with Crippen molar-refractivity contribution in [3.63, 3.8) is 0 Å². The molecule has 232 valence electrons. The lowest BCUT2D eigenvalue weighted by atomic mass is 9.97. The van der Waals surface area contributed by atoms with Crippen molar-refractivity contribution >= 4 is 23.8 Å². The lowest BCUT2D eigenvalue weighted by molar-refractivity contribution is -0.160. The van der Waals surface area contributed by atoms with Crippen molar-refractivity contribution < 1.29 is 43.6 Å². The zero-order valence-corrected chi connectivity index (χ0v) is 25.2. The molecular formula is C34H37NO9. The molecule has 0 aromatic heterocycles. The molecule has 10 nitrogen and oxygen atoms in total. The summed E-state index contributed by atoms with van der Waals surface area (Å²) in [6, 6.07) is 20.2. The highest BCUT2D eigenvalue weighted by Crippen LogP contribution is 2.44. The quantitative estimate of drug-likeness (QED) is 0.277. The molecule has 1 amide bonds. The first-order valence-corrected chi connectivity index (χ1v) is 14.3. The van der Waals surface area contributed by atoms with E-state index in [4.69, 9.17) is 14.2 Å². The van der Waals surface area contributed by atoms with Gasteiger partial charge >= 0.3 is 17.9 Å². The molecule has 0 heterocycles. The third-order valence-electron chi connectivity index (χ3n) is 7.26. The summed E-state index contributed by atoms with van der Waals surface area (Å²) in [4.78, 5) is 52.5. The van der Waals surface area contributed by atoms with Crippen LogP contribution < -0.4 is 4.74 Å². The largest absolute Gasteiger partial charge is 0.507 e. The number of esters is 2. The van der Waals surface area contributed by atoms with Crippen LogP contribution in [-0.2, 0) is 35.2 Å². The van der Waals surface area contributed by atoms with Gasteiger partial charge in [-0.1, -0.05) is 48.5 Å². The molecule has 0 saturated carbocycles. The average molecular weight is 604 g/mol. The summed E-state index contributed by atoms with van der Waals surface area (Å²) in [6.07, 6.45) is -0.941. The monoisotopic (exact) mass is 603 g/mol. The van der Waals surface area contributed by atoms with E-state index in [0.29, 0.717) is 5.75 Å². The Bertz CT molecular complexity index is 1500. The van der Waals surface area contributed by atoms with E-state index in [0.717, 1.165) is 27.2 Å². The standard InChI is InChI=1S/C34H37NO9/c1-34(2,3)44-32(40)16-22(33(41)35(19-30(37)38)18-21-13-14-23(42-4)17-29(21)36)15-31(39)43-20-28-26-11-7-5-9-24(26)25-10-6-8-12-27(25)28/h5-14,17,22,28,36H,15-16,18-20H2,1-4H3,(H,37,38)/t22-/m0/s1. The SMILES string of the molecule is COc1ccc(CN(CC(=O)O)C(=O)[C@@H](CC(=O)OCC2c3ccccc3-c3ccccc32)CC(=O)OC(C)(C)C)c(O)c1. The van der Waals surface area contributed by atoms with E-state index in [9.17, 15) is 29.4 Å². The number of amides is 1. The van der Waals surface area contributed by atoms with Crippen LogP contribution >= 0.6 is 0 Å². The number of carbonyl (C=O) groups excluding carboxylic acids is 3. The number of carboxylic acid groups (broad SMARTS) is 1. The number of benzene rings is 3. The summed E-state index contributed by atoms with van der Waals surface area (Å²) in [5.74, 6) is -4.78. The average Bonchev–Trinajstić information content (AvgIpc) is 3.28. The molecule has 1 aliphatic carbocycles. The van der Waals surface area contributed by atoms with E-state index < -0.39 is 54.7 Å². The number of phenols is 1. The van der Waals surface area contributed by atoms with Crippen LogP contribution in [0.3, 0.4) is 0 Å². The molecule has 0 radical (unpaired) electrons. The number of ether oxygens (including phenoxy) is 3. The van der Waals surface area contributed by atoms with Crippen molar-refractivity contribution in [1.82, 2.24) is 4.90 Å². The molecule has 1 atom stereocenters. The van der Waals surface area contributed by atoms with Crippen molar-refractivity contribution in [3.8, 4) is 22.6 Å². The Morgan fingerprint density at radius 1 is 0.886 bits per heavy atom. The molecule has 10 heteroatoms. The highest BCUT2D eigenvalue weighted by molar-refractivity contribution is 5.89. The second-order valence-electron chi connectivity index (χ2n) is 11.7. The van der Waals surface area contributed by atoms with Crippen molar-refractivity contribution in [1.29, 1.82) is 0 Å². The number of carboxylic acids is 1. The van der Waals surface area contributed by atoms with Crippen LogP contribution in [0.15, 0.2) is 66.7 Å². The minimum atomic E-state index is -1.30. The van der Waals surface area contributed by atoms with Crippen LogP contribution in [0.2, 0.25) is 0 Å². The number of aromatic hydroxyl groups is 1. The Balaban J connectivity index is 1.54. The number of fused-ring (bicyclic) bond motifs is 3. The van der Waals surface area contributed by atoms with Crippen LogP contribution in [0.5, 0.6) is 11.5 Å². The number of carbonyl (C=O) groups is 4. The summed E-state index contributed by atoms with van der Waals surface area (Å²) >= 11 is 0. The third kappa shape index (κ3) is 7.94. The Hall–Kier alpha value is -4.86. The van der Waals surface area contributed by atoms with Crippen LogP contribution in [0.4, 0.5) is 0 Å². The Morgan fingerprint density at radius 3 is 2.02 bits per heavy atom. The maximum absolute atomic E-state index is 13.8.